The number of rotatable bonds is 2. The highest BCUT2D eigenvalue weighted by Crippen LogP contribution is 2.34. The summed E-state index contributed by atoms with van der Waals surface area (Å²) in [4.78, 5) is 19.4. The molecule has 1 aromatic carbocycles. The van der Waals surface area contributed by atoms with E-state index in [1.54, 1.807) is 6.92 Å². The first kappa shape index (κ1) is 16.6. The Hall–Kier alpha value is -1.85. The molecule has 25 heavy (non-hydrogen) atoms. The quantitative estimate of drug-likeness (QED) is 0.914. The van der Waals surface area contributed by atoms with Crippen LogP contribution in [-0.2, 0) is 4.79 Å². The van der Waals surface area contributed by atoms with Crippen LogP contribution in [0.5, 0.6) is 0 Å². The zero-order valence-corrected chi connectivity index (χ0v) is 15.2. The number of carbonyl (C=O) groups is 1. The monoisotopic (exact) mass is 339 g/mol. The van der Waals surface area contributed by atoms with Gasteiger partial charge in [0.25, 0.3) is 0 Å². The smallest absolute Gasteiger partial charge is 0.219 e. The van der Waals surface area contributed by atoms with Crippen molar-refractivity contribution in [3.8, 4) is 0 Å². The molecular weight excluding hydrogens is 312 g/mol. The third-order valence-electron chi connectivity index (χ3n) is 5.80. The van der Waals surface area contributed by atoms with Gasteiger partial charge < -0.3 is 9.88 Å². The van der Waals surface area contributed by atoms with Gasteiger partial charge in [0.05, 0.1) is 6.17 Å². The molecule has 2 aliphatic heterocycles. The third-order valence-corrected chi connectivity index (χ3v) is 5.80. The number of nitrogens with one attached hydrogen (secondary N) is 1. The lowest BCUT2D eigenvalue weighted by Gasteiger charge is -2.41. The summed E-state index contributed by atoms with van der Waals surface area (Å²) in [5.41, 5.74) is 3.97. The van der Waals surface area contributed by atoms with E-state index in [0.717, 1.165) is 45.6 Å². The Bertz CT molecular complexity index is 760. The lowest BCUT2D eigenvalue weighted by Crippen LogP contribution is -2.55. The summed E-state index contributed by atoms with van der Waals surface area (Å²) in [7, 11) is 0. The second-order valence-electron chi connectivity index (χ2n) is 7.44. The maximum atomic E-state index is 11.5. The summed E-state index contributed by atoms with van der Waals surface area (Å²) in [6, 6.07) is 6.68. The molecule has 1 amide bonds. The van der Waals surface area contributed by atoms with Crippen LogP contribution in [-0.4, -0.2) is 59.6 Å². The predicted molar refractivity (Wildman–Crippen MR) is 99.6 cm³/mol. The number of hydrogen-bond acceptors (Lipinski definition) is 2. The summed E-state index contributed by atoms with van der Waals surface area (Å²) in [5.74, 6) is 0.747. The molecule has 5 nitrogen and oxygen atoms in total. The van der Waals surface area contributed by atoms with Crippen molar-refractivity contribution in [1.29, 1.82) is 0 Å². The zero-order chi connectivity index (χ0) is 17.4. The van der Waals surface area contributed by atoms with Crippen LogP contribution in [0.1, 0.15) is 36.8 Å². The molecule has 2 saturated heterocycles. The fourth-order valence-electron chi connectivity index (χ4n) is 4.31. The SMILES string of the molecule is CC(=O)N1CCN(C2CC(c3c[nH]c4cc(C)ccc34)CC[N]2)CC1. The average molecular weight is 339 g/mol. The van der Waals surface area contributed by atoms with Crippen LogP contribution in [0.3, 0.4) is 0 Å². The van der Waals surface area contributed by atoms with Crippen LogP contribution in [0.15, 0.2) is 24.4 Å². The van der Waals surface area contributed by atoms with Crippen molar-refractivity contribution in [1.82, 2.24) is 20.1 Å². The molecule has 3 heterocycles. The van der Waals surface area contributed by atoms with Crippen LogP contribution in [0.4, 0.5) is 0 Å². The highest BCUT2D eigenvalue weighted by molar-refractivity contribution is 5.84. The number of benzene rings is 1. The molecule has 133 valence electrons. The van der Waals surface area contributed by atoms with Gasteiger partial charge in [-0.05, 0) is 42.9 Å². The average Bonchev–Trinajstić information content (AvgIpc) is 3.05. The van der Waals surface area contributed by atoms with E-state index >= 15 is 0 Å². The minimum Gasteiger partial charge on any atom is -0.361 e. The number of amides is 1. The predicted octanol–water partition coefficient (Wildman–Crippen LogP) is 2.45. The Morgan fingerprint density at radius 3 is 2.80 bits per heavy atom. The molecule has 4 rings (SSSR count). The van der Waals surface area contributed by atoms with Gasteiger partial charge in [-0.3, -0.25) is 9.69 Å². The van der Waals surface area contributed by atoms with Crippen molar-refractivity contribution in [3.05, 3.63) is 35.5 Å². The van der Waals surface area contributed by atoms with E-state index in [9.17, 15) is 4.79 Å². The highest BCUT2D eigenvalue weighted by atomic mass is 16.2. The molecule has 2 aliphatic rings. The number of hydrogen-bond donors (Lipinski definition) is 1. The van der Waals surface area contributed by atoms with Crippen LogP contribution < -0.4 is 5.32 Å². The number of nitrogens with zero attached hydrogens (tertiary/aromatic N) is 3. The summed E-state index contributed by atoms with van der Waals surface area (Å²) >= 11 is 0. The van der Waals surface area contributed by atoms with E-state index in [4.69, 9.17) is 5.32 Å². The third kappa shape index (κ3) is 3.31. The van der Waals surface area contributed by atoms with Crippen molar-refractivity contribution < 1.29 is 4.79 Å². The van der Waals surface area contributed by atoms with Crippen LogP contribution in [0.25, 0.3) is 10.9 Å². The van der Waals surface area contributed by atoms with E-state index in [1.807, 2.05) is 4.90 Å². The van der Waals surface area contributed by atoms with E-state index in [1.165, 1.54) is 22.0 Å². The summed E-state index contributed by atoms with van der Waals surface area (Å²) in [6.45, 7) is 8.27. The normalized spacial score (nSPS) is 25.4. The van der Waals surface area contributed by atoms with Crippen molar-refractivity contribution in [2.75, 3.05) is 32.7 Å². The van der Waals surface area contributed by atoms with Crippen molar-refractivity contribution in [2.24, 2.45) is 0 Å². The van der Waals surface area contributed by atoms with Gasteiger partial charge in [-0.1, -0.05) is 12.1 Å². The first-order valence-corrected chi connectivity index (χ1v) is 9.35. The molecule has 2 fully saturated rings. The molecule has 0 aliphatic carbocycles. The molecule has 0 bridgehead atoms. The maximum absolute atomic E-state index is 11.5. The van der Waals surface area contributed by atoms with E-state index in [2.05, 4.69) is 41.2 Å². The standard InChI is InChI=1S/C20H27N4O/c1-14-3-4-17-18(13-22-19(17)11-14)16-5-6-21-20(12-16)24-9-7-23(8-10-24)15(2)25/h3-4,11,13,16,20,22H,5-10,12H2,1-2H3. The van der Waals surface area contributed by atoms with Gasteiger partial charge in [-0.15, -0.1) is 0 Å². The summed E-state index contributed by atoms with van der Waals surface area (Å²) in [5, 5.41) is 6.25. The number of fused-ring (bicyclic) bond motifs is 1. The molecule has 0 spiro atoms. The molecule has 2 unspecified atom stereocenters. The van der Waals surface area contributed by atoms with E-state index in [-0.39, 0.29) is 5.91 Å². The number of carbonyl (C=O) groups excluding carboxylic acids is 1. The fourth-order valence-corrected chi connectivity index (χ4v) is 4.31. The topological polar surface area (TPSA) is 53.4 Å². The van der Waals surface area contributed by atoms with Gasteiger partial charge in [0.2, 0.25) is 5.91 Å². The minimum absolute atomic E-state index is 0.187. The van der Waals surface area contributed by atoms with Crippen molar-refractivity contribution in [2.45, 2.75) is 38.8 Å². The summed E-state index contributed by atoms with van der Waals surface area (Å²) < 4.78 is 0. The Balaban J connectivity index is 1.47. The molecule has 2 atom stereocenters. The number of aromatic nitrogens is 1. The van der Waals surface area contributed by atoms with Gasteiger partial charge in [0.1, 0.15) is 0 Å². The largest absolute Gasteiger partial charge is 0.361 e. The number of piperazine rings is 1. The molecule has 5 heteroatoms. The van der Waals surface area contributed by atoms with E-state index in [0.29, 0.717) is 12.1 Å². The first-order valence-electron chi connectivity index (χ1n) is 9.35. The molecule has 2 aromatic rings. The lowest BCUT2D eigenvalue weighted by atomic mass is 9.88. The molecule has 1 radical (unpaired) electrons. The van der Waals surface area contributed by atoms with Crippen LogP contribution in [0, 0.1) is 6.92 Å². The number of aryl methyl sites for hydroxylation is 1. The Labute approximate surface area is 149 Å². The van der Waals surface area contributed by atoms with Crippen LogP contribution in [0.2, 0.25) is 0 Å². The maximum Gasteiger partial charge on any atom is 0.219 e. The Kier molecular flexibility index (Phi) is 4.52. The highest BCUT2D eigenvalue weighted by Gasteiger charge is 2.31. The second kappa shape index (κ2) is 6.81. The lowest BCUT2D eigenvalue weighted by molar-refractivity contribution is -0.131. The second-order valence-corrected chi connectivity index (χ2v) is 7.44. The summed E-state index contributed by atoms with van der Waals surface area (Å²) in [6.07, 6.45) is 4.71. The molecule has 1 aromatic heterocycles. The van der Waals surface area contributed by atoms with Crippen molar-refractivity contribution >= 4 is 16.8 Å². The van der Waals surface area contributed by atoms with Gasteiger partial charge in [0, 0.05) is 56.7 Å². The first-order chi connectivity index (χ1) is 12.1. The minimum atomic E-state index is 0.187. The number of aromatic amines is 1. The zero-order valence-electron chi connectivity index (χ0n) is 15.2. The van der Waals surface area contributed by atoms with Gasteiger partial charge in [-0.25, -0.2) is 5.32 Å². The Morgan fingerprint density at radius 2 is 2.04 bits per heavy atom. The number of H-pyrrole nitrogens is 1. The number of piperidine rings is 1. The van der Waals surface area contributed by atoms with E-state index < -0.39 is 0 Å². The molecule has 1 N–H and O–H groups in total. The molecule has 0 saturated carbocycles. The van der Waals surface area contributed by atoms with Gasteiger partial charge >= 0.3 is 0 Å². The van der Waals surface area contributed by atoms with Crippen LogP contribution >= 0.6 is 0 Å². The molecular formula is C20H27N4O. The van der Waals surface area contributed by atoms with Gasteiger partial charge in [-0.2, -0.15) is 0 Å². The van der Waals surface area contributed by atoms with Crippen molar-refractivity contribution in [3.63, 3.8) is 0 Å². The van der Waals surface area contributed by atoms with Gasteiger partial charge in [0.15, 0.2) is 0 Å². The Morgan fingerprint density at radius 1 is 1.24 bits per heavy atom. The fraction of sp³-hybridized carbons (Fsp3) is 0.550.